The van der Waals surface area contributed by atoms with Crippen molar-refractivity contribution in [3.63, 3.8) is 0 Å². The molecule has 0 radical (unpaired) electrons. The third-order valence-electron chi connectivity index (χ3n) is 1.86. The van der Waals surface area contributed by atoms with Crippen LogP contribution in [0.25, 0.3) is 0 Å². The first-order valence-electron chi connectivity index (χ1n) is 5.10. The summed E-state index contributed by atoms with van der Waals surface area (Å²) < 4.78 is 61.3. The van der Waals surface area contributed by atoms with E-state index in [0.29, 0.717) is 11.8 Å². The molecule has 0 aliphatic rings. The van der Waals surface area contributed by atoms with E-state index in [4.69, 9.17) is 5.11 Å². The topological polar surface area (TPSA) is 83.5 Å². The minimum atomic E-state index is -4.39. The minimum Gasteiger partial charge on any atom is -0.480 e. The minimum absolute atomic E-state index is 0.0683. The molecule has 0 heterocycles. The fraction of sp³-hybridized carbons (Fsp3) is 0.300. The lowest BCUT2D eigenvalue weighted by atomic mass is 10.3. The monoisotopic (exact) mass is 329 g/mol. The van der Waals surface area contributed by atoms with Crippen molar-refractivity contribution in [2.45, 2.75) is 11.1 Å². The fourth-order valence-corrected chi connectivity index (χ4v) is 2.95. The van der Waals surface area contributed by atoms with Crippen LogP contribution < -0.4 is 4.72 Å². The van der Waals surface area contributed by atoms with Gasteiger partial charge in [0.25, 0.3) is 0 Å². The number of anilines is 1. The molecule has 0 amide bonds. The highest BCUT2D eigenvalue weighted by Gasteiger charge is 2.28. The predicted octanol–water partition coefficient (Wildman–Crippen LogP) is 2.17. The Balaban J connectivity index is 2.88. The van der Waals surface area contributed by atoms with Crippen molar-refractivity contribution in [1.29, 1.82) is 0 Å². The Bertz CT molecular complexity index is 586. The quantitative estimate of drug-likeness (QED) is 0.782. The number of carbonyl (C=O) groups is 1. The van der Waals surface area contributed by atoms with Crippen molar-refractivity contribution in [3.8, 4) is 0 Å². The van der Waals surface area contributed by atoms with E-state index in [0.717, 1.165) is 0 Å². The van der Waals surface area contributed by atoms with E-state index < -0.39 is 33.7 Å². The summed E-state index contributed by atoms with van der Waals surface area (Å²) in [6, 6.07) is 5.46. The first-order chi connectivity index (χ1) is 9.09. The zero-order valence-electron chi connectivity index (χ0n) is 9.85. The van der Waals surface area contributed by atoms with E-state index >= 15 is 0 Å². The van der Waals surface area contributed by atoms with Gasteiger partial charge in [0, 0.05) is 4.90 Å². The molecule has 0 saturated heterocycles. The van der Waals surface area contributed by atoms with Crippen molar-refractivity contribution >= 4 is 33.4 Å². The number of carboxylic acid groups (broad SMARTS) is 1. The van der Waals surface area contributed by atoms with Crippen molar-refractivity contribution < 1.29 is 31.5 Å². The molecular formula is C10H10F3NO4S2. The Hall–Kier alpha value is -1.42. The Labute approximate surface area is 117 Å². The number of rotatable bonds is 6. The van der Waals surface area contributed by atoms with Crippen LogP contribution in [0.3, 0.4) is 0 Å². The third-order valence-corrected chi connectivity index (χ3v) is 4.15. The molecular weight excluding hydrogens is 319 g/mol. The van der Waals surface area contributed by atoms with E-state index in [1.54, 1.807) is 0 Å². The number of aliphatic carboxylic acids is 1. The average Bonchev–Trinajstić information content (AvgIpc) is 2.24. The summed E-state index contributed by atoms with van der Waals surface area (Å²) in [4.78, 5) is 10.4. The highest BCUT2D eigenvalue weighted by atomic mass is 32.2. The summed E-state index contributed by atoms with van der Waals surface area (Å²) in [5.41, 5.74) is -0.0806. The van der Waals surface area contributed by atoms with Crippen LogP contribution in [0.15, 0.2) is 29.2 Å². The Morgan fingerprint density at radius 3 is 2.45 bits per heavy atom. The molecule has 2 N–H and O–H groups in total. The number of hydrogen-bond acceptors (Lipinski definition) is 4. The lowest BCUT2D eigenvalue weighted by Crippen LogP contribution is -2.22. The van der Waals surface area contributed by atoms with Crippen molar-refractivity contribution in [2.24, 2.45) is 0 Å². The Kier molecular flexibility index (Phi) is 5.28. The molecule has 0 saturated carbocycles. The van der Waals surface area contributed by atoms with Gasteiger partial charge in [-0.2, -0.15) is 13.2 Å². The summed E-state index contributed by atoms with van der Waals surface area (Å²) in [7, 11) is -4.15. The third kappa shape index (κ3) is 6.15. The number of nitrogens with one attached hydrogen (secondary N) is 1. The van der Waals surface area contributed by atoms with Crippen LogP contribution in [0, 0.1) is 0 Å². The summed E-state index contributed by atoms with van der Waals surface area (Å²) in [5, 5.41) is 8.43. The van der Waals surface area contributed by atoms with Crippen LogP contribution in [0.1, 0.15) is 0 Å². The standard InChI is InChI=1S/C10H10F3NO4S2/c11-10(12,13)6-19-8-4-2-1-3-7(8)14-20(17,18)5-9(15)16/h1-4,14H,5-6H2,(H,15,16). The number of hydrogen-bond donors (Lipinski definition) is 2. The number of halogens is 3. The molecule has 0 unspecified atom stereocenters. The van der Waals surface area contributed by atoms with Crippen LogP contribution >= 0.6 is 11.8 Å². The first-order valence-corrected chi connectivity index (χ1v) is 7.74. The van der Waals surface area contributed by atoms with Crippen molar-refractivity contribution in [1.82, 2.24) is 0 Å². The van der Waals surface area contributed by atoms with Gasteiger partial charge < -0.3 is 5.11 Å². The zero-order valence-corrected chi connectivity index (χ0v) is 11.5. The molecule has 0 atom stereocenters. The number of sulfonamides is 1. The molecule has 1 aromatic carbocycles. The van der Waals surface area contributed by atoms with Crippen LogP contribution in [0.4, 0.5) is 18.9 Å². The van der Waals surface area contributed by atoms with Gasteiger partial charge in [0.2, 0.25) is 10.0 Å². The van der Waals surface area contributed by atoms with Gasteiger partial charge in [-0.05, 0) is 12.1 Å². The molecule has 5 nitrogen and oxygen atoms in total. The highest BCUT2D eigenvalue weighted by molar-refractivity contribution is 7.99. The van der Waals surface area contributed by atoms with Gasteiger partial charge in [-0.1, -0.05) is 12.1 Å². The fourth-order valence-electron chi connectivity index (χ4n) is 1.20. The average molecular weight is 329 g/mol. The molecule has 0 aromatic heterocycles. The first kappa shape index (κ1) is 16.6. The van der Waals surface area contributed by atoms with Crippen LogP contribution in [0.5, 0.6) is 0 Å². The second kappa shape index (κ2) is 6.35. The van der Waals surface area contributed by atoms with Crippen molar-refractivity contribution in [3.05, 3.63) is 24.3 Å². The van der Waals surface area contributed by atoms with Crippen molar-refractivity contribution in [2.75, 3.05) is 16.2 Å². The molecule has 0 aliphatic carbocycles. The predicted molar refractivity (Wildman–Crippen MR) is 68.3 cm³/mol. The van der Waals surface area contributed by atoms with Crippen LogP contribution in [-0.2, 0) is 14.8 Å². The second-order valence-electron chi connectivity index (χ2n) is 3.65. The van der Waals surface area contributed by atoms with E-state index in [1.165, 1.54) is 24.3 Å². The number of alkyl halides is 3. The van der Waals surface area contributed by atoms with Gasteiger partial charge in [0.05, 0.1) is 11.4 Å². The molecule has 10 heteroatoms. The molecule has 20 heavy (non-hydrogen) atoms. The SMILES string of the molecule is O=C(O)CS(=O)(=O)Nc1ccccc1SCC(F)(F)F. The van der Waals surface area contributed by atoms with Gasteiger partial charge >= 0.3 is 12.1 Å². The molecule has 0 bridgehead atoms. The lowest BCUT2D eigenvalue weighted by molar-refractivity contribution is -0.134. The van der Waals surface area contributed by atoms with Gasteiger partial charge in [-0.25, -0.2) is 8.42 Å². The Morgan fingerprint density at radius 1 is 1.30 bits per heavy atom. The van der Waals surface area contributed by atoms with Gasteiger partial charge in [0.1, 0.15) is 0 Å². The summed E-state index contributed by atoms with van der Waals surface area (Å²) in [6.45, 7) is 0. The van der Waals surface area contributed by atoms with Gasteiger partial charge in [-0.3, -0.25) is 9.52 Å². The van der Waals surface area contributed by atoms with E-state index in [1.807, 2.05) is 4.72 Å². The molecule has 112 valence electrons. The molecule has 0 fully saturated rings. The summed E-state index contributed by atoms with van der Waals surface area (Å²) >= 11 is 0.414. The maximum atomic E-state index is 12.1. The molecule has 1 aromatic rings. The Morgan fingerprint density at radius 2 is 1.90 bits per heavy atom. The molecule has 0 aliphatic heterocycles. The normalized spacial score (nSPS) is 12.2. The van der Waals surface area contributed by atoms with E-state index in [-0.39, 0.29) is 10.6 Å². The zero-order chi connectivity index (χ0) is 15.4. The van der Waals surface area contributed by atoms with Crippen LogP contribution in [0.2, 0.25) is 0 Å². The van der Waals surface area contributed by atoms with Gasteiger partial charge in [0.15, 0.2) is 5.75 Å². The lowest BCUT2D eigenvalue weighted by Gasteiger charge is -2.12. The molecule has 0 spiro atoms. The smallest absolute Gasteiger partial charge is 0.398 e. The number of carboxylic acids is 1. The van der Waals surface area contributed by atoms with Crippen LogP contribution in [-0.4, -0.2) is 37.2 Å². The summed E-state index contributed by atoms with van der Waals surface area (Å²) in [6.07, 6.45) is -4.39. The highest BCUT2D eigenvalue weighted by Crippen LogP contribution is 2.32. The number of para-hydroxylation sites is 1. The maximum absolute atomic E-state index is 12.1. The number of thioether (sulfide) groups is 1. The van der Waals surface area contributed by atoms with Gasteiger partial charge in [-0.15, -0.1) is 11.8 Å². The van der Waals surface area contributed by atoms with E-state index in [2.05, 4.69) is 0 Å². The maximum Gasteiger partial charge on any atom is 0.398 e. The largest absolute Gasteiger partial charge is 0.480 e. The van der Waals surface area contributed by atoms with E-state index in [9.17, 15) is 26.4 Å². The summed E-state index contributed by atoms with van der Waals surface area (Å²) in [5.74, 6) is -3.89. The second-order valence-corrected chi connectivity index (χ2v) is 6.39. The molecule has 1 rings (SSSR count). The number of benzene rings is 1.